The van der Waals surface area contributed by atoms with Gasteiger partial charge in [0, 0.05) is 18.2 Å². The minimum atomic E-state index is -1.06. The molecule has 17 heavy (non-hydrogen) atoms. The van der Waals surface area contributed by atoms with Crippen LogP contribution in [0.25, 0.3) is 0 Å². The van der Waals surface area contributed by atoms with E-state index in [4.69, 9.17) is 22.4 Å². The maximum atomic E-state index is 11.6. The molecule has 6 heteroatoms. The number of carboxylic acids is 1. The molecule has 0 saturated heterocycles. The van der Waals surface area contributed by atoms with Crippen LogP contribution in [0.3, 0.4) is 0 Å². The van der Waals surface area contributed by atoms with Crippen LogP contribution in [0.5, 0.6) is 0 Å². The second-order valence-corrected chi connectivity index (χ2v) is 3.59. The van der Waals surface area contributed by atoms with Crippen molar-refractivity contribution in [3.05, 3.63) is 40.9 Å². The van der Waals surface area contributed by atoms with E-state index in [-0.39, 0.29) is 12.5 Å². The number of hydrogen-bond donors (Lipinski definition) is 3. The van der Waals surface area contributed by atoms with E-state index in [1.54, 1.807) is 0 Å². The van der Waals surface area contributed by atoms with E-state index < -0.39 is 5.97 Å². The Labute approximate surface area is 103 Å². The fourth-order valence-corrected chi connectivity index (χ4v) is 1.22. The summed E-state index contributed by atoms with van der Waals surface area (Å²) in [5.74, 6) is -1.40. The molecule has 0 aromatic heterocycles. The molecule has 1 aromatic rings. The van der Waals surface area contributed by atoms with Crippen molar-refractivity contribution in [3.63, 3.8) is 0 Å². The second kappa shape index (κ2) is 5.91. The van der Waals surface area contributed by atoms with Gasteiger partial charge in [-0.15, -0.1) is 0 Å². The van der Waals surface area contributed by atoms with Gasteiger partial charge in [0.15, 0.2) is 0 Å². The number of carboxylic acid groups (broad SMARTS) is 1. The van der Waals surface area contributed by atoms with Crippen molar-refractivity contribution < 1.29 is 14.7 Å². The summed E-state index contributed by atoms with van der Waals surface area (Å²) in [4.78, 5) is 21.7. The van der Waals surface area contributed by atoms with Crippen LogP contribution in [0.15, 0.2) is 30.4 Å². The fourth-order valence-electron chi connectivity index (χ4n) is 1.10. The number of aliphatic carboxylic acids is 1. The third-order valence-corrected chi connectivity index (χ3v) is 2.24. The van der Waals surface area contributed by atoms with E-state index in [1.165, 1.54) is 24.3 Å². The average Bonchev–Trinajstić information content (AvgIpc) is 2.27. The molecular formula is C11H11ClN2O3. The van der Waals surface area contributed by atoms with Gasteiger partial charge in [-0.1, -0.05) is 17.7 Å². The summed E-state index contributed by atoms with van der Waals surface area (Å²) in [5, 5.41) is 11.2. The first kappa shape index (κ1) is 13.1. The Morgan fingerprint density at radius 3 is 2.76 bits per heavy atom. The van der Waals surface area contributed by atoms with Gasteiger partial charge in [0.05, 0.1) is 10.7 Å². The zero-order valence-corrected chi connectivity index (χ0v) is 9.57. The number of anilines is 1. The molecule has 0 unspecified atom stereocenters. The summed E-state index contributed by atoms with van der Waals surface area (Å²) < 4.78 is 0. The lowest BCUT2D eigenvalue weighted by Crippen LogP contribution is -2.23. The summed E-state index contributed by atoms with van der Waals surface area (Å²) in [6, 6.07) is 4.52. The fraction of sp³-hybridized carbons (Fsp3) is 0.0909. The van der Waals surface area contributed by atoms with Gasteiger partial charge in [-0.3, -0.25) is 4.79 Å². The van der Waals surface area contributed by atoms with Crippen LogP contribution < -0.4 is 11.1 Å². The van der Waals surface area contributed by atoms with E-state index in [9.17, 15) is 9.59 Å². The first-order chi connectivity index (χ1) is 8.00. The van der Waals surface area contributed by atoms with Crippen LogP contribution in [0, 0.1) is 0 Å². The van der Waals surface area contributed by atoms with Crippen molar-refractivity contribution in [2.24, 2.45) is 0 Å². The monoisotopic (exact) mass is 254 g/mol. The molecule has 0 radical (unpaired) electrons. The molecule has 5 nitrogen and oxygen atoms in total. The Hall–Kier alpha value is -2.01. The average molecular weight is 255 g/mol. The standard InChI is InChI=1S/C11H11ClN2O3/c12-8-4-3-7(6-9(8)13)11(17)14-5-1-2-10(15)16/h1-4,6H,5,13H2,(H,14,17)(H,15,16)/b2-1+. The SMILES string of the molecule is Nc1cc(C(=O)NC/C=C/C(=O)O)ccc1Cl. The molecule has 0 saturated carbocycles. The molecule has 0 heterocycles. The summed E-state index contributed by atoms with van der Waals surface area (Å²) >= 11 is 5.71. The number of halogens is 1. The van der Waals surface area contributed by atoms with Crippen molar-refractivity contribution >= 4 is 29.2 Å². The van der Waals surface area contributed by atoms with Crippen LogP contribution in [0.4, 0.5) is 5.69 Å². The van der Waals surface area contributed by atoms with Gasteiger partial charge in [0.25, 0.3) is 5.91 Å². The molecule has 0 aliphatic heterocycles. The molecule has 0 aliphatic carbocycles. The van der Waals surface area contributed by atoms with Crippen molar-refractivity contribution in [2.75, 3.05) is 12.3 Å². The number of amides is 1. The highest BCUT2D eigenvalue weighted by atomic mass is 35.5. The number of carbonyl (C=O) groups excluding carboxylic acids is 1. The van der Waals surface area contributed by atoms with Gasteiger partial charge in [0.1, 0.15) is 0 Å². The molecule has 0 atom stereocenters. The predicted octanol–water partition coefficient (Wildman–Crippen LogP) is 1.29. The number of hydrogen-bond acceptors (Lipinski definition) is 3. The van der Waals surface area contributed by atoms with E-state index in [0.29, 0.717) is 16.3 Å². The maximum Gasteiger partial charge on any atom is 0.328 e. The molecule has 4 N–H and O–H groups in total. The number of benzene rings is 1. The van der Waals surface area contributed by atoms with Crippen LogP contribution in [-0.4, -0.2) is 23.5 Å². The third kappa shape index (κ3) is 4.16. The van der Waals surface area contributed by atoms with E-state index in [0.717, 1.165) is 6.08 Å². The lowest BCUT2D eigenvalue weighted by Gasteiger charge is -2.04. The van der Waals surface area contributed by atoms with Gasteiger partial charge < -0.3 is 16.2 Å². The smallest absolute Gasteiger partial charge is 0.328 e. The molecule has 0 spiro atoms. The van der Waals surface area contributed by atoms with Gasteiger partial charge >= 0.3 is 5.97 Å². The Kier molecular flexibility index (Phi) is 4.54. The number of rotatable bonds is 4. The van der Waals surface area contributed by atoms with Gasteiger partial charge in [-0.25, -0.2) is 4.79 Å². The van der Waals surface area contributed by atoms with Crippen LogP contribution in [0.2, 0.25) is 5.02 Å². The van der Waals surface area contributed by atoms with Crippen LogP contribution in [0.1, 0.15) is 10.4 Å². The lowest BCUT2D eigenvalue weighted by molar-refractivity contribution is -0.131. The van der Waals surface area contributed by atoms with Crippen molar-refractivity contribution in [2.45, 2.75) is 0 Å². The van der Waals surface area contributed by atoms with Crippen molar-refractivity contribution in [1.82, 2.24) is 5.32 Å². The second-order valence-electron chi connectivity index (χ2n) is 3.19. The highest BCUT2D eigenvalue weighted by Gasteiger charge is 2.05. The molecule has 90 valence electrons. The van der Waals surface area contributed by atoms with Crippen LogP contribution in [-0.2, 0) is 4.79 Å². The quantitative estimate of drug-likeness (QED) is 0.558. The van der Waals surface area contributed by atoms with E-state index in [1.807, 2.05) is 0 Å². The molecule has 1 amide bonds. The number of nitrogens with one attached hydrogen (secondary N) is 1. The highest BCUT2D eigenvalue weighted by Crippen LogP contribution is 2.19. The van der Waals surface area contributed by atoms with Gasteiger partial charge in [-0.2, -0.15) is 0 Å². The van der Waals surface area contributed by atoms with E-state index in [2.05, 4.69) is 5.32 Å². The molecule has 0 aliphatic rings. The Morgan fingerprint density at radius 1 is 1.47 bits per heavy atom. The van der Waals surface area contributed by atoms with Gasteiger partial charge in [-0.05, 0) is 18.2 Å². The normalized spacial score (nSPS) is 10.4. The summed E-state index contributed by atoms with van der Waals surface area (Å²) in [5.41, 5.74) is 6.24. The number of nitrogens with two attached hydrogens (primary N) is 1. The Bertz CT molecular complexity index is 472. The summed E-state index contributed by atoms with van der Waals surface area (Å²) in [6.07, 6.45) is 2.29. The topological polar surface area (TPSA) is 92.4 Å². The Morgan fingerprint density at radius 2 is 2.18 bits per heavy atom. The lowest BCUT2D eigenvalue weighted by atomic mass is 10.2. The minimum absolute atomic E-state index is 0.133. The maximum absolute atomic E-state index is 11.6. The van der Waals surface area contributed by atoms with Gasteiger partial charge in [0.2, 0.25) is 0 Å². The molecule has 0 bridgehead atoms. The molecule has 1 aromatic carbocycles. The third-order valence-electron chi connectivity index (χ3n) is 1.90. The molecule has 1 rings (SSSR count). The largest absolute Gasteiger partial charge is 0.478 e. The van der Waals surface area contributed by atoms with Crippen LogP contribution >= 0.6 is 11.6 Å². The van der Waals surface area contributed by atoms with Crippen molar-refractivity contribution in [1.29, 1.82) is 0 Å². The minimum Gasteiger partial charge on any atom is -0.478 e. The first-order valence-electron chi connectivity index (χ1n) is 4.73. The molecule has 0 fully saturated rings. The Balaban J connectivity index is 2.58. The summed E-state index contributed by atoms with van der Waals surface area (Å²) in [6.45, 7) is 0.133. The van der Waals surface area contributed by atoms with E-state index >= 15 is 0 Å². The molecular weight excluding hydrogens is 244 g/mol. The number of nitrogen functional groups attached to an aromatic ring is 1. The zero-order chi connectivity index (χ0) is 12.8. The predicted molar refractivity (Wildman–Crippen MR) is 65.0 cm³/mol. The van der Waals surface area contributed by atoms with Crippen molar-refractivity contribution in [3.8, 4) is 0 Å². The summed E-state index contributed by atoms with van der Waals surface area (Å²) in [7, 11) is 0. The first-order valence-corrected chi connectivity index (χ1v) is 5.11. The highest BCUT2D eigenvalue weighted by molar-refractivity contribution is 6.33. The zero-order valence-electron chi connectivity index (χ0n) is 8.81. The number of carbonyl (C=O) groups is 2.